The second-order valence-corrected chi connectivity index (χ2v) is 4.55. The molecule has 1 N–H and O–H groups in total. The molecule has 2 saturated heterocycles. The van der Waals surface area contributed by atoms with Crippen LogP contribution in [0.15, 0.2) is 0 Å². The number of hydrogen-bond donors (Lipinski definition) is 1. The highest BCUT2D eigenvalue weighted by Crippen LogP contribution is 2.14. The predicted molar refractivity (Wildman–Crippen MR) is 57.5 cm³/mol. The van der Waals surface area contributed by atoms with Crippen LogP contribution in [0.3, 0.4) is 0 Å². The number of rotatable bonds is 3. The van der Waals surface area contributed by atoms with Crippen LogP contribution in [0.5, 0.6) is 0 Å². The van der Waals surface area contributed by atoms with Gasteiger partial charge in [0.2, 0.25) is 0 Å². The van der Waals surface area contributed by atoms with E-state index in [0.717, 1.165) is 12.6 Å². The molecule has 2 fully saturated rings. The minimum absolute atomic E-state index is 0.477. The van der Waals surface area contributed by atoms with Crippen LogP contribution in [0.1, 0.15) is 25.7 Å². The maximum Gasteiger partial charge on any atom is 0.0698 e. The maximum atomic E-state index is 5.42. The van der Waals surface area contributed by atoms with Gasteiger partial charge in [-0.05, 0) is 38.8 Å². The van der Waals surface area contributed by atoms with Gasteiger partial charge in [-0.3, -0.25) is 4.90 Å². The molecule has 82 valence electrons. The van der Waals surface area contributed by atoms with Crippen LogP contribution < -0.4 is 5.32 Å². The molecule has 0 radical (unpaired) electrons. The lowest BCUT2D eigenvalue weighted by molar-refractivity contribution is 0.0288. The van der Waals surface area contributed by atoms with Gasteiger partial charge in [0.25, 0.3) is 0 Å². The molecule has 14 heavy (non-hydrogen) atoms. The van der Waals surface area contributed by atoms with Gasteiger partial charge in [0.05, 0.1) is 6.10 Å². The monoisotopic (exact) mass is 198 g/mol. The van der Waals surface area contributed by atoms with E-state index in [2.05, 4.69) is 10.2 Å². The Morgan fingerprint density at radius 1 is 1.36 bits per heavy atom. The van der Waals surface area contributed by atoms with Crippen molar-refractivity contribution in [1.82, 2.24) is 10.2 Å². The minimum atomic E-state index is 0.477. The zero-order chi connectivity index (χ0) is 9.80. The molecule has 0 spiro atoms. The van der Waals surface area contributed by atoms with Crippen molar-refractivity contribution in [3.63, 3.8) is 0 Å². The summed E-state index contributed by atoms with van der Waals surface area (Å²) in [5.41, 5.74) is 0. The third-order valence-corrected chi connectivity index (χ3v) is 3.44. The van der Waals surface area contributed by atoms with Gasteiger partial charge in [0.15, 0.2) is 0 Å². The summed E-state index contributed by atoms with van der Waals surface area (Å²) in [6.07, 6.45) is 5.72. The Balaban J connectivity index is 1.73. The van der Waals surface area contributed by atoms with Crippen LogP contribution in [0, 0.1) is 0 Å². The first-order chi connectivity index (χ1) is 6.88. The van der Waals surface area contributed by atoms with E-state index in [1.54, 1.807) is 0 Å². The number of nitrogens with one attached hydrogen (secondary N) is 1. The third kappa shape index (κ3) is 2.69. The molecule has 2 aliphatic heterocycles. The van der Waals surface area contributed by atoms with Gasteiger partial charge in [0.1, 0.15) is 0 Å². The number of likely N-dealkylation sites (tertiary alicyclic amines) is 1. The Kier molecular flexibility index (Phi) is 3.79. The van der Waals surface area contributed by atoms with Crippen LogP contribution >= 0.6 is 0 Å². The first-order valence-corrected chi connectivity index (χ1v) is 5.87. The lowest BCUT2D eigenvalue weighted by atomic mass is 10.1. The van der Waals surface area contributed by atoms with E-state index in [-0.39, 0.29) is 0 Å². The Bertz CT molecular complexity index is 169. The Morgan fingerprint density at radius 3 is 3.00 bits per heavy atom. The Labute approximate surface area is 86.8 Å². The summed E-state index contributed by atoms with van der Waals surface area (Å²) in [7, 11) is 1.84. The van der Waals surface area contributed by atoms with Crippen LogP contribution in [0.4, 0.5) is 0 Å². The lowest BCUT2D eigenvalue weighted by Crippen LogP contribution is -2.45. The van der Waals surface area contributed by atoms with Crippen molar-refractivity contribution in [2.45, 2.75) is 37.8 Å². The van der Waals surface area contributed by atoms with Crippen LogP contribution in [-0.2, 0) is 4.74 Å². The first-order valence-electron chi connectivity index (χ1n) is 5.87. The summed E-state index contributed by atoms with van der Waals surface area (Å²) in [6.45, 7) is 4.83. The SMILES string of the molecule is COC1CCCN(C[C@@H]2CCCN2)C1. The number of nitrogens with zero attached hydrogens (tertiary/aromatic N) is 1. The summed E-state index contributed by atoms with van der Waals surface area (Å²) < 4.78 is 5.42. The molecule has 2 atom stereocenters. The number of piperidine rings is 1. The number of methoxy groups -OCH3 is 1. The van der Waals surface area contributed by atoms with Crippen LogP contribution in [0.2, 0.25) is 0 Å². The van der Waals surface area contributed by atoms with E-state index in [9.17, 15) is 0 Å². The predicted octanol–water partition coefficient (Wildman–Crippen LogP) is 0.849. The molecular weight excluding hydrogens is 176 g/mol. The molecule has 0 aromatic heterocycles. The average molecular weight is 198 g/mol. The zero-order valence-corrected chi connectivity index (χ0v) is 9.17. The molecule has 1 unspecified atom stereocenters. The van der Waals surface area contributed by atoms with Gasteiger partial charge in [-0.15, -0.1) is 0 Å². The minimum Gasteiger partial charge on any atom is -0.380 e. The van der Waals surface area contributed by atoms with Gasteiger partial charge in [-0.1, -0.05) is 0 Å². The molecule has 0 aliphatic carbocycles. The van der Waals surface area contributed by atoms with E-state index in [1.807, 2.05) is 7.11 Å². The van der Waals surface area contributed by atoms with Crippen LogP contribution in [-0.4, -0.2) is 50.3 Å². The van der Waals surface area contributed by atoms with Crippen molar-refractivity contribution in [3.8, 4) is 0 Å². The van der Waals surface area contributed by atoms with Gasteiger partial charge < -0.3 is 10.1 Å². The number of ether oxygens (including phenoxy) is 1. The van der Waals surface area contributed by atoms with E-state index in [0.29, 0.717) is 6.10 Å². The van der Waals surface area contributed by atoms with Gasteiger partial charge in [-0.25, -0.2) is 0 Å². The smallest absolute Gasteiger partial charge is 0.0698 e. The van der Waals surface area contributed by atoms with Crippen molar-refractivity contribution < 1.29 is 4.74 Å². The fourth-order valence-electron chi connectivity index (χ4n) is 2.60. The molecule has 2 heterocycles. The summed E-state index contributed by atoms with van der Waals surface area (Å²) in [5, 5.41) is 3.55. The van der Waals surface area contributed by atoms with E-state index in [4.69, 9.17) is 4.74 Å². The highest BCUT2D eigenvalue weighted by atomic mass is 16.5. The fraction of sp³-hybridized carbons (Fsp3) is 1.00. The summed E-state index contributed by atoms with van der Waals surface area (Å²) in [6, 6.07) is 0.741. The van der Waals surface area contributed by atoms with E-state index >= 15 is 0 Å². The molecule has 0 aromatic carbocycles. The quantitative estimate of drug-likeness (QED) is 0.727. The Hall–Kier alpha value is -0.120. The van der Waals surface area contributed by atoms with Crippen molar-refractivity contribution in [2.75, 3.05) is 33.3 Å². The van der Waals surface area contributed by atoms with Crippen molar-refractivity contribution in [2.24, 2.45) is 0 Å². The largest absolute Gasteiger partial charge is 0.380 e. The molecular formula is C11H22N2O. The fourth-order valence-corrected chi connectivity index (χ4v) is 2.60. The average Bonchev–Trinajstić information content (AvgIpc) is 2.71. The standard InChI is InChI=1S/C11H22N2O/c1-14-11-5-3-7-13(9-11)8-10-4-2-6-12-10/h10-12H,2-9H2,1H3/t10-,11?/m0/s1. The summed E-state index contributed by atoms with van der Waals surface area (Å²) >= 11 is 0. The van der Waals surface area contributed by atoms with E-state index in [1.165, 1.54) is 45.3 Å². The maximum absolute atomic E-state index is 5.42. The molecule has 2 aliphatic rings. The van der Waals surface area contributed by atoms with Crippen molar-refractivity contribution in [1.29, 1.82) is 0 Å². The van der Waals surface area contributed by atoms with Gasteiger partial charge >= 0.3 is 0 Å². The van der Waals surface area contributed by atoms with Crippen molar-refractivity contribution in [3.05, 3.63) is 0 Å². The van der Waals surface area contributed by atoms with Crippen LogP contribution in [0.25, 0.3) is 0 Å². The summed E-state index contributed by atoms with van der Waals surface area (Å²) in [5.74, 6) is 0. The molecule has 2 rings (SSSR count). The molecule has 0 amide bonds. The molecule has 0 saturated carbocycles. The zero-order valence-electron chi connectivity index (χ0n) is 9.17. The molecule has 0 aromatic rings. The second-order valence-electron chi connectivity index (χ2n) is 4.55. The third-order valence-electron chi connectivity index (χ3n) is 3.44. The number of hydrogen-bond acceptors (Lipinski definition) is 3. The normalized spacial score (nSPS) is 34.9. The Morgan fingerprint density at radius 2 is 2.29 bits per heavy atom. The highest BCUT2D eigenvalue weighted by molar-refractivity contribution is 4.81. The van der Waals surface area contributed by atoms with Gasteiger partial charge in [-0.2, -0.15) is 0 Å². The molecule has 3 heteroatoms. The van der Waals surface area contributed by atoms with E-state index < -0.39 is 0 Å². The first kappa shape index (κ1) is 10.4. The highest BCUT2D eigenvalue weighted by Gasteiger charge is 2.23. The van der Waals surface area contributed by atoms with Gasteiger partial charge in [0, 0.05) is 26.2 Å². The molecule has 3 nitrogen and oxygen atoms in total. The molecule has 0 bridgehead atoms. The second kappa shape index (κ2) is 5.10. The summed E-state index contributed by atoms with van der Waals surface area (Å²) in [4.78, 5) is 2.56. The topological polar surface area (TPSA) is 24.5 Å². The lowest BCUT2D eigenvalue weighted by Gasteiger charge is -2.33. The van der Waals surface area contributed by atoms with Crippen molar-refractivity contribution >= 4 is 0 Å².